The first-order valence-electron chi connectivity index (χ1n) is 10.6. The average molecular weight is 474 g/mol. The Hall–Kier alpha value is -3.39. The summed E-state index contributed by atoms with van der Waals surface area (Å²) in [5.41, 5.74) is 0.652. The third kappa shape index (κ3) is 5.90. The molecule has 0 saturated heterocycles. The summed E-state index contributed by atoms with van der Waals surface area (Å²) in [5.74, 6) is 1.35. The molecule has 2 aromatic rings. The number of ether oxygens (including phenoxy) is 5. The van der Waals surface area contributed by atoms with E-state index in [0.29, 0.717) is 59.9 Å². The largest absolute Gasteiger partial charge is 0.489 e. The molecule has 4 rings (SSSR count). The molecule has 1 unspecified atom stereocenters. The molecule has 174 valence electrons. The van der Waals surface area contributed by atoms with Crippen LogP contribution in [-0.2, 0) is 14.3 Å². The minimum Gasteiger partial charge on any atom is -0.489 e. The number of benzene rings is 2. The molecule has 0 aliphatic carbocycles. The van der Waals surface area contributed by atoms with Crippen LogP contribution >= 0.6 is 11.6 Å². The van der Waals surface area contributed by atoms with Crippen molar-refractivity contribution in [3.8, 4) is 23.0 Å². The van der Waals surface area contributed by atoms with Crippen molar-refractivity contribution in [3.05, 3.63) is 53.1 Å². The molecule has 0 spiro atoms. The van der Waals surface area contributed by atoms with Crippen molar-refractivity contribution >= 4 is 29.6 Å². The molecule has 2 aromatic carbocycles. The van der Waals surface area contributed by atoms with Crippen LogP contribution in [0.15, 0.2) is 42.5 Å². The minimum absolute atomic E-state index is 0.302. The van der Waals surface area contributed by atoms with Crippen LogP contribution in [0.4, 0.5) is 0 Å². The molecule has 2 heterocycles. The number of likely N-dealkylation sites (N-methyl/N-ethyl adjacent to an activating group) is 1. The van der Waals surface area contributed by atoms with Crippen LogP contribution in [0.1, 0.15) is 12.0 Å². The number of hydrogen-bond acceptors (Lipinski definition) is 7. The second-order valence-corrected chi connectivity index (χ2v) is 8.00. The lowest BCUT2D eigenvalue weighted by Crippen LogP contribution is -2.43. The lowest BCUT2D eigenvalue weighted by molar-refractivity contribution is -0.148. The molecule has 0 bridgehead atoms. The van der Waals surface area contributed by atoms with Crippen molar-refractivity contribution in [2.75, 3.05) is 40.0 Å². The first-order chi connectivity index (χ1) is 16.0. The zero-order valence-corrected chi connectivity index (χ0v) is 18.9. The van der Waals surface area contributed by atoms with Gasteiger partial charge in [-0.25, -0.2) is 4.79 Å². The van der Waals surface area contributed by atoms with E-state index in [9.17, 15) is 9.59 Å². The third-order valence-corrected chi connectivity index (χ3v) is 5.33. The van der Waals surface area contributed by atoms with E-state index in [1.165, 1.54) is 11.0 Å². The second kappa shape index (κ2) is 10.5. The predicted octanol–water partition coefficient (Wildman–Crippen LogP) is 3.36. The van der Waals surface area contributed by atoms with Crippen LogP contribution in [0.2, 0.25) is 5.02 Å². The van der Waals surface area contributed by atoms with Crippen molar-refractivity contribution in [1.29, 1.82) is 0 Å². The first-order valence-corrected chi connectivity index (χ1v) is 10.9. The van der Waals surface area contributed by atoms with Crippen molar-refractivity contribution < 1.29 is 33.3 Å². The van der Waals surface area contributed by atoms with Gasteiger partial charge in [0.05, 0.1) is 24.8 Å². The molecular weight excluding hydrogens is 450 g/mol. The number of esters is 1. The quantitative estimate of drug-likeness (QED) is 0.470. The summed E-state index contributed by atoms with van der Waals surface area (Å²) in [7, 11) is 1.62. The van der Waals surface area contributed by atoms with Crippen LogP contribution in [-0.4, -0.2) is 62.9 Å². The van der Waals surface area contributed by atoms with E-state index in [0.717, 1.165) is 6.42 Å². The standard InChI is InChI=1S/C24H24ClNO7/c1-26(13-17-14-31-19-5-2-3-6-20(19)33-17)22(27)15-32-23(28)8-7-16-11-18(25)24-21(12-16)29-9-4-10-30-24/h2-3,5-8,11-12,17H,4,9-10,13-15H2,1H3/b8-7+. The van der Waals surface area contributed by atoms with E-state index in [-0.39, 0.29) is 18.6 Å². The number of fused-ring (bicyclic) bond motifs is 2. The van der Waals surface area contributed by atoms with Crippen molar-refractivity contribution in [2.24, 2.45) is 0 Å². The van der Waals surface area contributed by atoms with Gasteiger partial charge in [-0.2, -0.15) is 0 Å². The first kappa shape index (κ1) is 22.8. The van der Waals surface area contributed by atoms with Gasteiger partial charge in [0.15, 0.2) is 35.7 Å². The third-order valence-electron chi connectivity index (χ3n) is 5.05. The van der Waals surface area contributed by atoms with Crippen LogP contribution < -0.4 is 18.9 Å². The fourth-order valence-corrected chi connectivity index (χ4v) is 3.64. The maximum absolute atomic E-state index is 12.4. The summed E-state index contributed by atoms with van der Waals surface area (Å²) in [5, 5.41) is 0.399. The van der Waals surface area contributed by atoms with Gasteiger partial charge < -0.3 is 28.6 Å². The molecule has 2 aliphatic heterocycles. The molecule has 8 nitrogen and oxygen atoms in total. The van der Waals surface area contributed by atoms with E-state index in [1.54, 1.807) is 25.3 Å². The molecule has 0 aromatic heterocycles. The Bertz CT molecular complexity index is 1060. The van der Waals surface area contributed by atoms with Gasteiger partial charge in [-0.15, -0.1) is 0 Å². The Labute approximate surface area is 196 Å². The second-order valence-electron chi connectivity index (χ2n) is 7.59. The van der Waals surface area contributed by atoms with Gasteiger partial charge >= 0.3 is 5.97 Å². The molecule has 1 atom stereocenters. The summed E-state index contributed by atoms with van der Waals surface area (Å²) in [6.07, 6.45) is 3.23. The van der Waals surface area contributed by atoms with E-state index in [4.69, 9.17) is 35.3 Å². The normalized spacial score (nSPS) is 16.7. The summed E-state index contributed by atoms with van der Waals surface area (Å²) in [6.45, 7) is 1.31. The topological polar surface area (TPSA) is 83.5 Å². The Balaban J connectivity index is 1.25. The fourth-order valence-electron chi connectivity index (χ4n) is 3.36. The average Bonchev–Trinajstić information content (AvgIpc) is 3.07. The van der Waals surface area contributed by atoms with Crippen molar-refractivity contribution in [1.82, 2.24) is 4.90 Å². The van der Waals surface area contributed by atoms with Gasteiger partial charge in [0.25, 0.3) is 5.91 Å². The Morgan fingerprint density at radius 3 is 2.76 bits per heavy atom. The van der Waals surface area contributed by atoms with E-state index in [1.807, 2.05) is 24.3 Å². The number of carbonyl (C=O) groups excluding carboxylic acids is 2. The number of para-hydroxylation sites is 2. The summed E-state index contributed by atoms with van der Waals surface area (Å²) in [4.78, 5) is 25.9. The molecular formula is C24H24ClNO7. The lowest BCUT2D eigenvalue weighted by atomic mass is 10.2. The highest BCUT2D eigenvalue weighted by molar-refractivity contribution is 6.32. The summed E-state index contributed by atoms with van der Waals surface area (Å²) < 4.78 is 27.8. The Morgan fingerprint density at radius 2 is 1.91 bits per heavy atom. The molecule has 33 heavy (non-hydrogen) atoms. The van der Waals surface area contributed by atoms with Gasteiger partial charge in [0, 0.05) is 19.5 Å². The molecule has 9 heteroatoms. The predicted molar refractivity (Wildman–Crippen MR) is 121 cm³/mol. The summed E-state index contributed by atoms with van der Waals surface area (Å²) in [6, 6.07) is 10.8. The highest BCUT2D eigenvalue weighted by atomic mass is 35.5. The Morgan fingerprint density at radius 1 is 1.12 bits per heavy atom. The van der Waals surface area contributed by atoms with Gasteiger partial charge in [-0.3, -0.25) is 4.79 Å². The highest BCUT2D eigenvalue weighted by Crippen LogP contribution is 2.38. The maximum atomic E-state index is 12.4. The fraction of sp³-hybridized carbons (Fsp3) is 0.333. The molecule has 1 amide bonds. The van der Waals surface area contributed by atoms with E-state index >= 15 is 0 Å². The minimum atomic E-state index is -0.647. The number of nitrogens with zero attached hydrogens (tertiary/aromatic N) is 1. The van der Waals surface area contributed by atoms with Crippen LogP contribution in [0, 0.1) is 0 Å². The summed E-state index contributed by atoms with van der Waals surface area (Å²) >= 11 is 6.26. The molecule has 0 radical (unpaired) electrons. The van der Waals surface area contributed by atoms with Crippen LogP contribution in [0.5, 0.6) is 23.0 Å². The number of hydrogen-bond donors (Lipinski definition) is 0. The van der Waals surface area contributed by atoms with E-state index in [2.05, 4.69) is 0 Å². The van der Waals surface area contributed by atoms with Crippen LogP contribution in [0.25, 0.3) is 6.08 Å². The SMILES string of the molecule is CN(CC1COc2ccccc2O1)C(=O)COC(=O)/C=C/c1cc(Cl)c2c(c1)OCCCO2. The van der Waals surface area contributed by atoms with Crippen LogP contribution in [0.3, 0.4) is 0 Å². The van der Waals surface area contributed by atoms with Gasteiger partial charge in [0.1, 0.15) is 6.61 Å². The van der Waals surface area contributed by atoms with E-state index < -0.39 is 5.97 Å². The lowest BCUT2D eigenvalue weighted by Gasteiger charge is -2.29. The highest BCUT2D eigenvalue weighted by Gasteiger charge is 2.24. The maximum Gasteiger partial charge on any atom is 0.331 e. The molecule has 0 fully saturated rings. The number of rotatable bonds is 6. The zero-order chi connectivity index (χ0) is 23.2. The number of halogens is 1. The van der Waals surface area contributed by atoms with Gasteiger partial charge in [-0.05, 0) is 35.9 Å². The molecule has 0 saturated carbocycles. The van der Waals surface area contributed by atoms with Gasteiger partial charge in [0.2, 0.25) is 0 Å². The van der Waals surface area contributed by atoms with Crippen molar-refractivity contribution in [3.63, 3.8) is 0 Å². The Kier molecular flexibility index (Phi) is 7.24. The smallest absolute Gasteiger partial charge is 0.331 e. The monoisotopic (exact) mass is 473 g/mol. The number of carbonyl (C=O) groups is 2. The number of amides is 1. The molecule has 0 N–H and O–H groups in total. The van der Waals surface area contributed by atoms with Crippen molar-refractivity contribution in [2.45, 2.75) is 12.5 Å². The molecule has 2 aliphatic rings. The zero-order valence-electron chi connectivity index (χ0n) is 18.1. The van der Waals surface area contributed by atoms with Gasteiger partial charge in [-0.1, -0.05) is 23.7 Å².